The minimum absolute atomic E-state index is 0.0702. The first-order chi connectivity index (χ1) is 12.4. The van der Waals surface area contributed by atoms with E-state index in [9.17, 15) is 26.8 Å². The molecule has 6 unspecified atom stereocenters. The first-order valence-electron chi connectivity index (χ1n) is 8.78. The van der Waals surface area contributed by atoms with Gasteiger partial charge < -0.3 is 9.47 Å². The second kappa shape index (κ2) is 6.80. The van der Waals surface area contributed by atoms with E-state index in [1.807, 2.05) is 0 Å². The molecule has 0 aromatic carbocycles. The summed E-state index contributed by atoms with van der Waals surface area (Å²) in [5.41, 5.74) is 0.232. The Morgan fingerprint density at radius 2 is 1.81 bits per heavy atom. The molecule has 152 valence electrons. The van der Waals surface area contributed by atoms with Crippen LogP contribution in [0.3, 0.4) is 0 Å². The summed E-state index contributed by atoms with van der Waals surface area (Å²) in [5, 5.41) is -4.57. The van der Waals surface area contributed by atoms with E-state index in [2.05, 4.69) is 11.3 Å². The quantitative estimate of drug-likeness (QED) is 0.408. The summed E-state index contributed by atoms with van der Waals surface area (Å²) < 4.78 is 66.7. The molecule has 4 bridgehead atoms. The first-order valence-corrected chi connectivity index (χ1v) is 10.2. The van der Waals surface area contributed by atoms with Crippen molar-refractivity contribution in [3.8, 4) is 0 Å². The van der Waals surface area contributed by atoms with Crippen LogP contribution in [0.15, 0.2) is 12.2 Å². The van der Waals surface area contributed by atoms with Gasteiger partial charge in [0.25, 0.3) is 0 Å². The van der Waals surface area contributed by atoms with Crippen LogP contribution >= 0.6 is 0 Å². The topological polar surface area (TPSA) is 107 Å². The Kier molecular flexibility index (Phi) is 5.09. The Bertz CT molecular complexity index is 763. The van der Waals surface area contributed by atoms with Gasteiger partial charge in [0.15, 0.2) is 6.61 Å². The normalized spacial score (nSPS) is 35.0. The third kappa shape index (κ3) is 3.73. The molecule has 0 radical (unpaired) electrons. The third-order valence-corrected chi connectivity index (χ3v) is 6.84. The van der Waals surface area contributed by atoms with Crippen LogP contribution in [-0.4, -0.2) is 42.9 Å². The van der Waals surface area contributed by atoms with E-state index in [-0.39, 0.29) is 23.3 Å². The van der Waals surface area contributed by atoms with Crippen LogP contribution in [0.2, 0.25) is 0 Å². The van der Waals surface area contributed by atoms with Crippen molar-refractivity contribution in [2.45, 2.75) is 44.0 Å². The SMILES string of the molecule is C=C(C)C(=O)OC1C2CC3CC(C2)C(C(=O)OCC(F)(F)S(=O)(=O)O)C1C3. The van der Waals surface area contributed by atoms with Gasteiger partial charge in [0.1, 0.15) is 6.10 Å². The van der Waals surface area contributed by atoms with Crippen molar-refractivity contribution in [3.63, 3.8) is 0 Å². The standard InChI is InChI=1S/C17H22F2O7S/c1-8(2)15(20)26-14-11-4-9-3-10(6-11)13(12(14)5-9)16(21)25-7-17(18,19)27(22,23)24/h9-14H,1,3-7H2,2H3,(H,22,23,24). The fourth-order valence-corrected chi connectivity index (χ4v) is 5.17. The van der Waals surface area contributed by atoms with Crippen LogP contribution in [0.4, 0.5) is 8.78 Å². The molecule has 7 nitrogen and oxygen atoms in total. The average Bonchev–Trinajstić information content (AvgIpc) is 2.54. The van der Waals surface area contributed by atoms with Gasteiger partial charge >= 0.3 is 27.3 Å². The molecule has 0 amide bonds. The predicted molar refractivity (Wildman–Crippen MR) is 88.1 cm³/mol. The fourth-order valence-electron chi connectivity index (χ4n) is 4.96. The summed E-state index contributed by atoms with van der Waals surface area (Å²) in [6.45, 7) is 3.31. The monoisotopic (exact) mass is 408 g/mol. The third-order valence-electron chi connectivity index (χ3n) is 5.96. The Hall–Kier alpha value is -1.55. The first kappa shape index (κ1) is 20.2. The van der Waals surface area contributed by atoms with Crippen molar-refractivity contribution in [1.82, 2.24) is 0 Å². The van der Waals surface area contributed by atoms with E-state index in [0.29, 0.717) is 18.8 Å². The zero-order valence-electron chi connectivity index (χ0n) is 14.8. The van der Waals surface area contributed by atoms with Gasteiger partial charge in [-0.05, 0) is 50.4 Å². The molecule has 0 aromatic heterocycles. The van der Waals surface area contributed by atoms with Gasteiger partial charge in [0.05, 0.1) is 5.92 Å². The summed E-state index contributed by atoms with van der Waals surface area (Å²) in [7, 11) is -5.67. The molecule has 0 spiro atoms. The Labute approximate surface area is 155 Å². The number of carbonyl (C=O) groups is 2. The molecule has 4 aliphatic carbocycles. The maximum absolute atomic E-state index is 13.4. The van der Waals surface area contributed by atoms with E-state index in [0.717, 1.165) is 12.8 Å². The highest BCUT2D eigenvalue weighted by Crippen LogP contribution is 2.57. The van der Waals surface area contributed by atoms with E-state index >= 15 is 0 Å². The Morgan fingerprint density at radius 3 is 2.41 bits per heavy atom. The highest BCUT2D eigenvalue weighted by molar-refractivity contribution is 7.86. The van der Waals surface area contributed by atoms with Crippen LogP contribution in [0, 0.1) is 29.6 Å². The summed E-state index contributed by atoms with van der Waals surface area (Å²) in [4.78, 5) is 24.4. The lowest BCUT2D eigenvalue weighted by Gasteiger charge is -2.56. The van der Waals surface area contributed by atoms with Gasteiger partial charge in [-0.3, -0.25) is 9.35 Å². The minimum atomic E-state index is -5.67. The molecule has 6 atom stereocenters. The number of carbonyl (C=O) groups excluding carboxylic acids is 2. The zero-order chi connectivity index (χ0) is 20.1. The number of ether oxygens (including phenoxy) is 2. The van der Waals surface area contributed by atoms with Crippen LogP contribution in [0.5, 0.6) is 0 Å². The van der Waals surface area contributed by atoms with E-state index in [4.69, 9.17) is 9.29 Å². The highest BCUT2D eigenvalue weighted by Gasteiger charge is 2.58. The van der Waals surface area contributed by atoms with Crippen molar-refractivity contribution in [2.24, 2.45) is 29.6 Å². The number of hydrogen-bond acceptors (Lipinski definition) is 6. The van der Waals surface area contributed by atoms with Gasteiger partial charge in [-0.1, -0.05) is 6.58 Å². The fraction of sp³-hybridized carbons (Fsp3) is 0.765. The lowest BCUT2D eigenvalue weighted by atomic mass is 9.50. The van der Waals surface area contributed by atoms with Crippen LogP contribution in [-0.2, 0) is 29.2 Å². The molecule has 0 saturated heterocycles. The van der Waals surface area contributed by atoms with Gasteiger partial charge in [0.2, 0.25) is 0 Å². The van der Waals surface area contributed by atoms with Crippen LogP contribution in [0.1, 0.15) is 32.6 Å². The van der Waals surface area contributed by atoms with Gasteiger partial charge in [-0.15, -0.1) is 0 Å². The molecule has 0 heterocycles. The number of rotatable bonds is 6. The maximum atomic E-state index is 13.4. The summed E-state index contributed by atoms with van der Waals surface area (Å²) >= 11 is 0. The number of halogens is 2. The van der Waals surface area contributed by atoms with Gasteiger partial charge in [0, 0.05) is 11.5 Å². The van der Waals surface area contributed by atoms with Crippen molar-refractivity contribution in [3.05, 3.63) is 12.2 Å². The van der Waals surface area contributed by atoms with E-state index in [1.54, 1.807) is 0 Å². The zero-order valence-corrected chi connectivity index (χ0v) is 15.6. The lowest BCUT2D eigenvalue weighted by Crippen LogP contribution is -2.57. The van der Waals surface area contributed by atoms with Crippen molar-refractivity contribution in [2.75, 3.05) is 6.61 Å². The molecule has 4 saturated carbocycles. The molecule has 10 heteroatoms. The number of hydrogen-bond donors (Lipinski definition) is 1. The predicted octanol–water partition coefficient (Wildman–Crippen LogP) is 2.18. The van der Waals surface area contributed by atoms with Crippen LogP contribution < -0.4 is 0 Å². The van der Waals surface area contributed by atoms with Crippen molar-refractivity contribution in [1.29, 1.82) is 0 Å². The summed E-state index contributed by atoms with van der Waals surface area (Å²) in [6.07, 6.45) is 2.39. The molecule has 27 heavy (non-hydrogen) atoms. The number of esters is 2. The smallest absolute Gasteiger partial charge is 0.402 e. The van der Waals surface area contributed by atoms with Gasteiger partial charge in [-0.25, -0.2) is 4.79 Å². The van der Waals surface area contributed by atoms with E-state index in [1.165, 1.54) is 6.92 Å². The molecule has 4 rings (SSSR count). The summed E-state index contributed by atoms with van der Waals surface area (Å²) in [6, 6.07) is 0. The van der Waals surface area contributed by atoms with Crippen LogP contribution in [0.25, 0.3) is 0 Å². The van der Waals surface area contributed by atoms with E-state index < -0.39 is 45.9 Å². The second-order valence-electron chi connectivity index (χ2n) is 7.89. The van der Waals surface area contributed by atoms with Gasteiger partial charge in [-0.2, -0.15) is 17.2 Å². The molecule has 4 aliphatic rings. The minimum Gasteiger partial charge on any atom is -0.458 e. The Balaban J connectivity index is 1.74. The second-order valence-corrected chi connectivity index (χ2v) is 9.44. The highest BCUT2D eigenvalue weighted by atomic mass is 32.2. The molecular weight excluding hydrogens is 386 g/mol. The average molecular weight is 408 g/mol. The lowest BCUT2D eigenvalue weighted by molar-refractivity contribution is -0.193. The molecule has 4 fully saturated rings. The molecule has 0 aliphatic heterocycles. The Morgan fingerprint density at radius 1 is 1.19 bits per heavy atom. The maximum Gasteiger partial charge on any atom is 0.402 e. The number of alkyl halides is 2. The summed E-state index contributed by atoms with van der Waals surface area (Å²) in [5.74, 6) is -2.16. The van der Waals surface area contributed by atoms with Crippen molar-refractivity contribution < 1.29 is 40.8 Å². The molecule has 0 aromatic rings. The largest absolute Gasteiger partial charge is 0.458 e. The molecular formula is C17H22F2O7S. The molecule has 1 N–H and O–H groups in total. The van der Waals surface area contributed by atoms with Crippen molar-refractivity contribution >= 4 is 22.1 Å².